The Kier molecular flexibility index (Phi) is 4.90. The molecule has 4 rings (SSSR count). The summed E-state index contributed by atoms with van der Waals surface area (Å²) < 4.78 is 25.4. The fourth-order valence-corrected chi connectivity index (χ4v) is 3.95. The van der Waals surface area contributed by atoms with Gasteiger partial charge in [0.15, 0.2) is 0 Å². The van der Waals surface area contributed by atoms with Crippen molar-refractivity contribution in [1.29, 1.82) is 0 Å². The molecule has 8 nitrogen and oxygen atoms in total. The van der Waals surface area contributed by atoms with Gasteiger partial charge in [-0.2, -0.15) is 0 Å². The smallest absolute Gasteiger partial charge is 0.257 e. The first kappa shape index (κ1) is 20.4. The van der Waals surface area contributed by atoms with E-state index in [0.29, 0.717) is 33.9 Å². The van der Waals surface area contributed by atoms with Crippen molar-refractivity contribution in [2.45, 2.75) is 0 Å². The lowest BCUT2D eigenvalue weighted by Gasteiger charge is -2.21. The largest absolute Gasteiger partial charge is 0.366 e. The first-order valence-corrected chi connectivity index (χ1v) is 11.2. The molecule has 9 heteroatoms. The number of benzene rings is 3. The van der Waals surface area contributed by atoms with Crippen molar-refractivity contribution >= 4 is 44.6 Å². The van der Waals surface area contributed by atoms with Gasteiger partial charge in [0, 0.05) is 18.2 Å². The predicted molar refractivity (Wildman–Crippen MR) is 121 cm³/mol. The summed E-state index contributed by atoms with van der Waals surface area (Å²) in [5.74, 6) is -0.927. The monoisotopic (exact) mass is 436 g/mol. The molecular weight excluding hydrogens is 416 g/mol. The Morgan fingerprint density at radius 1 is 0.903 bits per heavy atom. The standard InChI is InChI=1S/C22H20N4O4S/c1-26(31(2,29)30)20-6-4-3-5-15(20)13-7-9-16-18(11-13)24-17-10-8-14(21(23)27)12-19(17)25-22(16)28/h3-12,24H,1-2H3,(H2,23,27)(H,25,28). The Balaban J connectivity index is 1.81. The van der Waals surface area contributed by atoms with Crippen molar-refractivity contribution < 1.29 is 18.0 Å². The summed E-state index contributed by atoms with van der Waals surface area (Å²) >= 11 is 0. The second-order valence-electron chi connectivity index (χ2n) is 7.21. The quantitative estimate of drug-likeness (QED) is 0.580. The number of anilines is 4. The number of hydrogen-bond acceptors (Lipinski definition) is 5. The van der Waals surface area contributed by atoms with Gasteiger partial charge >= 0.3 is 0 Å². The van der Waals surface area contributed by atoms with Crippen LogP contribution in [0.15, 0.2) is 60.7 Å². The lowest BCUT2D eigenvalue weighted by molar-refractivity contribution is 0.0996. The SMILES string of the molecule is CN(c1ccccc1-c1ccc2c(c1)Nc1ccc(C(N)=O)cc1NC2=O)S(C)(=O)=O. The molecule has 0 aromatic heterocycles. The minimum atomic E-state index is -3.45. The molecule has 0 bridgehead atoms. The van der Waals surface area contributed by atoms with Crippen LogP contribution in [0.1, 0.15) is 20.7 Å². The first-order chi connectivity index (χ1) is 14.6. The second-order valence-corrected chi connectivity index (χ2v) is 9.23. The third-order valence-electron chi connectivity index (χ3n) is 5.14. The van der Waals surface area contributed by atoms with Gasteiger partial charge in [-0.1, -0.05) is 24.3 Å². The third kappa shape index (κ3) is 3.82. The zero-order chi connectivity index (χ0) is 22.3. The lowest BCUT2D eigenvalue weighted by Crippen LogP contribution is -2.25. The van der Waals surface area contributed by atoms with Crippen molar-refractivity contribution in [2.24, 2.45) is 5.73 Å². The second kappa shape index (κ2) is 7.44. The van der Waals surface area contributed by atoms with E-state index in [4.69, 9.17) is 5.73 Å². The molecule has 1 heterocycles. The topological polar surface area (TPSA) is 122 Å². The van der Waals surface area contributed by atoms with E-state index < -0.39 is 15.9 Å². The Labute approximate surface area is 179 Å². The fourth-order valence-electron chi connectivity index (χ4n) is 3.43. The molecule has 0 spiro atoms. The Hall–Kier alpha value is -3.85. The number of sulfonamides is 1. The maximum atomic E-state index is 12.7. The number of hydrogen-bond donors (Lipinski definition) is 3. The molecule has 0 fully saturated rings. The first-order valence-electron chi connectivity index (χ1n) is 9.35. The van der Waals surface area contributed by atoms with Crippen LogP contribution in [0.5, 0.6) is 0 Å². The molecule has 3 aromatic carbocycles. The zero-order valence-corrected chi connectivity index (χ0v) is 17.7. The summed E-state index contributed by atoms with van der Waals surface area (Å²) in [6, 6.07) is 17.1. The number of nitrogens with two attached hydrogens (primary N) is 1. The van der Waals surface area contributed by atoms with Crippen LogP contribution in [0.3, 0.4) is 0 Å². The van der Waals surface area contributed by atoms with Gasteiger partial charge in [0.2, 0.25) is 15.9 Å². The van der Waals surface area contributed by atoms with E-state index in [0.717, 1.165) is 11.8 Å². The Bertz CT molecular complexity index is 1340. The third-order valence-corrected chi connectivity index (χ3v) is 6.33. The van der Waals surface area contributed by atoms with Gasteiger partial charge in [0.05, 0.1) is 34.6 Å². The maximum absolute atomic E-state index is 12.7. The molecule has 4 N–H and O–H groups in total. The number of para-hydroxylation sites is 1. The Morgan fingerprint density at radius 3 is 2.35 bits per heavy atom. The van der Waals surface area contributed by atoms with Gasteiger partial charge < -0.3 is 16.4 Å². The predicted octanol–water partition coefficient (Wildman–Crippen LogP) is 3.16. The average Bonchev–Trinajstić information content (AvgIpc) is 2.87. The van der Waals surface area contributed by atoms with Crippen molar-refractivity contribution in [2.75, 3.05) is 28.2 Å². The van der Waals surface area contributed by atoms with Gasteiger partial charge in [-0.05, 0) is 42.0 Å². The molecule has 3 aromatic rings. The molecule has 0 atom stereocenters. The summed E-state index contributed by atoms with van der Waals surface area (Å²) in [5.41, 5.74) is 9.60. The highest BCUT2D eigenvalue weighted by Gasteiger charge is 2.22. The summed E-state index contributed by atoms with van der Waals surface area (Å²) in [6.45, 7) is 0. The number of carbonyl (C=O) groups excluding carboxylic acids is 2. The van der Waals surface area contributed by atoms with E-state index in [1.807, 2.05) is 12.1 Å². The van der Waals surface area contributed by atoms with Crippen LogP contribution >= 0.6 is 0 Å². The number of nitrogens with one attached hydrogen (secondary N) is 2. The van der Waals surface area contributed by atoms with E-state index >= 15 is 0 Å². The number of primary amides is 1. The van der Waals surface area contributed by atoms with Gasteiger partial charge in [0.25, 0.3) is 5.91 Å². The minimum Gasteiger partial charge on any atom is -0.366 e. The van der Waals surface area contributed by atoms with Crippen LogP contribution < -0.4 is 20.7 Å². The van der Waals surface area contributed by atoms with Gasteiger partial charge in [-0.25, -0.2) is 8.42 Å². The van der Waals surface area contributed by atoms with Crippen LogP contribution in [0.25, 0.3) is 11.1 Å². The molecule has 31 heavy (non-hydrogen) atoms. The molecule has 158 valence electrons. The van der Waals surface area contributed by atoms with E-state index in [-0.39, 0.29) is 11.5 Å². The number of nitrogens with zero attached hydrogens (tertiary/aromatic N) is 1. The van der Waals surface area contributed by atoms with Gasteiger partial charge in [-0.3, -0.25) is 13.9 Å². The van der Waals surface area contributed by atoms with E-state index in [2.05, 4.69) is 10.6 Å². The number of fused-ring (bicyclic) bond motifs is 2. The molecule has 0 saturated heterocycles. The van der Waals surface area contributed by atoms with E-state index in [9.17, 15) is 18.0 Å². The van der Waals surface area contributed by atoms with E-state index in [1.54, 1.807) is 42.5 Å². The summed E-state index contributed by atoms with van der Waals surface area (Å²) in [7, 11) is -1.96. The highest BCUT2D eigenvalue weighted by molar-refractivity contribution is 7.92. The molecule has 0 unspecified atom stereocenters. The minimum absolute atomic E-state index is 0.283. The van der Waals surface area contributed by atoms with E-state index in [1.165, 1.54) is 17.4 Å². The highest BCUT2D eigenvalue weighted by atomic mass is 32.2. The molecular formula is C22H20N4O4S. The molecule has 0 saturated carbocycles. The van der Waals surface area contributed by atoms with Crippen LogP contribution in [-0.2, 0) is 10.0 Å². The van der Waals surface area contributed by atoms with Gasteiger partial charge in [-0.15, -0.1) is 0 Å². The van der Waals surface area contributed by atoms with Crippen LogP contribution in [-0.4, -0.2) is 33.5 Å². The summed E-state index contributed by atoms with van der Waals surface area (Å²) in [5, 5.41) is 6.01. The van der Waals surface area contributed by atoms with Crippen LogP contribution in [0, 0.1) is 0 Å². The van der Waals surface area contributed by atoms with Crippen LogP contribution in [0.4, 0.5) is 22.7 Å². The fraction of sp³-hybridized carbons (Fsp3) is 0.0909. The van der Waals surface area contributed by atoms with Crippen LogP contribution in [0.2, 0.25) is 0 Å². The molecule has 1 aliphatic heterocycles. The maximum Gasteiger partial charge on any atom is 0.257 e. The number of carbonyl (C=O) groups is 2. The summed E-state index contributed by atoms with van der Waals surface area (Å²) in [6.07, 6.45) is 1.14. The Morgan fingerprint density at radius 2 is 1.65 bits per heavy atom. The van der Waals surface area contributed by atoms with Crippen molar-refractivity contribution in [3.63, 3.8) is 0 Å². The zero-order valence-electron chi connectivity index (χ0n) is 16.8. The normalized spacial score (nSPS) is 12.6. The molecule has 0 aliphatic carbocycles. The number of rotatable bonds is 4. The molecule has 0 radical (unpaired) electrons. The molecule has 1 aliphatic rings. The highest BCUT2D eigenvalue weighted by Crippen LogP contribution is 2.37. The van der Waals surface area contributed by atoms with Crippen molar-refractivity contribution in [3.8, 4) is 11.1 Å². The number of amides is 2. The lowest BCUT2D eigenvalue weighted by atomic mass is 10.0. The average molecular weight is 436 g/mol. The van der Waals surface area contributed by atoms with Crippen molar-refractivity contribution in [3.05, 3.63) is 71.8 Å². The molecule has 2 amide bonds. The van der Waals surface area contributed by atoms with Gasteiger partial charge in [0.1, 0.15) is 0 Å². The summed E-state index contributed by atoms with van der Waals surface area (Å²) in [4.78, 5) is 24.2. The van der Waals surface area contributed by atoms with Crippen molar-refractivity contribution in [1.82, 2.24) is 0 Å².